The van der Waals surface area contributed by atoms with E-state index in [4.69, 9.17) is 4.74 Å². The molecule has 0 spiro atoms. The second-order valence-electron chi connectivity index (χ2n) is 7.06. The van der Waals surface area contributed by atoms with Crippen LogP contribution in [-0.2, 0) is 28.7 Å². The van der Waals surface area contributed by atoms with Gasteiger partial charge in [-0.15, -0.1) is 0 Å². The average molecular weight is 440 g/mol. The van der Waals surface area contributed by atoms with Gasteiger partial charge < -0.3 is 15.0 Å². The van der Waals surface area contributed by atoms with Crippen LogP contribution in [0.3, 0.4) is 0 Å². The first-order valence-electron chi connectivity index (χ1n) is 9.44. The van der Waals surface area contributed by atoms with Crippen LogP contribution in [0, 0.1) is 0 Å². The Labute approximate surface area is 174 Å². The van der Waals surface area contributed by atoms with Gasteiger partial charge in [-0.05, 0) is 31.0 Å². The summed E-state index contributed by atoms with van der Waals surface area (Å²) in [5, 5.41) is 5.74. The van der Waals surface area contributed by atoms with E-state index < -0.39 is 23.9 Å². The molecule has 160 valence electrons. The number of hydrogen-bond donors (Lipinski definition) is 2. The number of halogens is 3. The van der Waals surface area contributed by atoms with Gasteiger partial charge >= 0.3 is 12.2 Å². The summed E-state index contributed by atoms with van der Waals surface area (Å²) in [5.74, 6) is -0.224. The molecule has 2 aliphatic rings. The molecule has 11 heteroatoms. The molecule has 3 heterocycles. The summed E-state index contributed by atoms with van der Waals surface area (Å²) in [6.07, 6.45) is -2.91. The van der Waals surface area contributed by atoms with Crippen LogP contribution in [0.1, 0.15) is 29.0 Å². The van der Waals surface area contributed by atoms with Crippen LogP contribution in [0.25, 0.3) is 0 Å². The first-order valence-corrected chi connectivity index (χ1v) is 10.3. The number of alkyl halides is 3. The van der Waals surface area contributed by atoms with Crippen molar-refractivity contribution in [1.29, 1.82) is 0 Å². The Morgan fingerprint density at radius 3 is 2.83 bits per heavy atom. The topological polar surface area (TPSA) is 83.6 Å². The van der Waals surface area contributed by atoms with E-state index in [2.05, 4.69) is 15.6 Å². The van der Waals surface area contributed by atoms with Crippen molar-refractivity contribution in [3.8, 4) is 0 Å². The molecule has 1 aromatic heterocycles. The van der Waals surface area contributed by atoms with Gasteiger partial charge in [0.2, 0.25) is 0 Å². The number of nitrogens with zero attached hydrogens (tertiary/aromatic N) is 2. The van der Waals surface area contributed by atoms with Crippen LogP contribution in [0.15, 0.2) is 24.3 Å². The molecule has 1 aromatic carbocycles. The minimum absolute atomic E-state index is 0.0782. The normalized spacial score (nSPS) is 18.8. The lowest BCUT2D eigenvalue weighted by Gasteiger charge is -2.26. The molecule has 4 rings (SSSR count). The first-order chi connectivity index (χ1) is 14.3. The van der Waals surface area contributed by atoms with E-state index in [0.717, 1.165) is 29.1 Å². The molecule has 1 fully saturated rings. The molecule has 7 nitrogen and oxygen atoms in total. The second-order valence-corrected chi connectivity index (χ2v) is 8.14. The SMILES string of the molecule is O=C(Nc1nc2c(s1)CN(C(=O)Nc1cccc(C(F)(F)F)c1)CC2)C1CCCO1. The van der Waals surface area contributed by atoms with Gasteiger partial charge in [0.1, 0.15) is 6.10 Å². The number of carbonyl (C=O) groups is 2. The van der Waals surface area contributed by atoms with Crippen molar-refractivity contribution in [3.05, 3.63) is 40.4 Å². The van der Waals surface area contributed by atoms with Crippen molar-refractivity contribution in [2.75, 3.05) is 23.8 Å². The Bertz CT molecular complexity index is 957. The maximum atomic E-state index is 12.9. The number of rotatable bonds is 3. The molecule has 2 N–H and O–H groups in total. The molecule has 30 heavy (non-hydrogen) atoms. The van der Waals surface area contributed by atoms with E-state index in [-0.39, 0.29) is 18.1 Å². The number of benzene rings is 1. The van der Waals surface area contributed by atoms with E-state index >= 15 is 0 Å². The van der Waals surface area contributed by atoms with Crippen molar-refractivity contribution in [3.63, 3.8) is 0 Å². The summed E-state index contributed by atoms with van der Waals surface area (Å²) in [4.78, 5) is 31.5. The molecule has 3 amide bonds. The monoisotopic (exact) mass is 440 g/mol. The number of hydrogen-bond acceptors (Lipinski definition) is 5. The number of urea groups is 1. The summed E-state index contributed by atoms with van der Waals surface area (Å²) in [5.41, 5.74) is 0.0653. The lowest BCUT2D eigenvalue weighted by atomic mass is 10.2. The van der Waals surface area contributed by atoms with Crippen molar-refractivity contribution in [2.45, 2.75) is 38.1 Å². The van der Waals surface area contributed by atoms with Crippen LogP contribution < -0.4 is 10.6 Å². The van der Waals surface area contributed by atoms with Gasteiger partial charge in [0.05, 0.1) is 17.8 Å². The number of nitrogens with one attached hydrogen (secondary N) is 2. The molecule has 0 saturated carbocycles. The zero-order chi connectivity index (χ0) is 21.3. The molecule has 0 radical (unpaired) electrons. The Balaban J connectivity index is 1.38. The lowest BCUT2D eigenvalue weighted by molar-refractivity contribution is -0.137. The number of carbonyl (C=O) groups excluding carboxylic acids is 2. The lowest BCUT2D eigenvalue weighted by Crippen LogP contribution is -2.38. The summed E-state index contributed by atoms with van der Waals surface area (Å²) in [6, 6.07) is 4.02. The van der Waals surface area contributed by atoms with Gasteiger partial charge in [-0.1, -0.05) is 17.4 Å². The van der Waals surface area contributed by atoms with E-state index in [9.17, 15) is 22.8 Å². The first kappa shape index (κ1) is 20.6. The highest BCUT2D eigenvalue weighted by atomic mass is 32.1. The Morgan fingerprint density at radius 2 is 2.10 bits per heavy atom. The van der Waals surface area contributed by atoms with Crippen molar-refractivity contribution in [2.24, 2.45) is 0 Å². The molecule has 1 saturated heterocycles. The second kappa shape index (κ2) is 8.23. The van der Waals surface area contributed by atoms with Gasteiger partial charge in [0, 0.05) is 30.1 Å². The van der Waals surface area contributed by atoms with Gasteiger partial charge in [-0.25, -0.2) is 9.78 Å². The number of fused-ring (bicyclic) bond motifs is 1. The van der Waals surface area contributed by atoms with Crippen LogP contribution in [0.4, 0.5) is 28.8 Å². The summed E-state index contributed by atoms with van der Waals surface area (Å²) in [7, 11) is 0. The fraction of sp³-hybridized carbons (Fsp3) is 0.421. The quantitative estimate of drug-likeness (QED) is 0.759. The Kier molecular flexibility index (Phi) is 5.65. The van der Waals surface area contributed by atoms with Crippen LogP contribution in [0.2, 0.25) is 0 Å². The molecular weight excluding hydrogens is 421 g/mol. The molecule has 0 aliphatic carbocycles. The van der Waals surface area contributed by atoms with Gasteiger partial charge in [0.15, 0.2) is 5.13 Å². The van der Waals surface area contributed by atoms with E-state index in [1.54, 1.807) is 0 Å². The number of anilines is 2. The number of ether oxygens (including phenoxy) is 1. The van der Waals surface area contributed by atoms with Gasteiger partial charge in [0.25, 0.3) is 5.91 Å². The standard InChI is InChI=1S/C19H19F3N4O3S/c20-19(21,22)11-3-1-4-12(9-11)23-18(28)26-7-6-13-15(10-26)30-17(24-13)25-16(27)14-5-2-8-29-14/h1,3-4,9,14H,2,5-8,10H2,(H,23,28)(H,24,25,27). The fourth-order valence-electron chi connectivity index (χ4n) is 3.37. The van der Waals surface area contributed by atoms with Gasteiger partial charge in [-0.2, -0.15) is 13.2 Å². The average Bonchev–Trinajstić information content (AvgIpc) is 3.36. The molecule has 2 aromatic rings. The third-order valence-electron chi connectivity index (χ3n) is 4.91. The highest BCUT2D eigenvalue weighted by Gasteiger charge is 2.31. The van der Waals surface area contributed by atoms with Crippen LogP contribution >= 0.6 is 11.3 Å². The van der Waals surface area contributed by atoms with E-state index in [1.165, 1.54) is 28.4 Å². The van der Waals surface area contributed by atoms with Crippen LogP contribution in [-0.4, -0.2) is 41.1 Å². The smallest absolute Gasteiger partial charge is 0.368 e. The summed E-state index contributed by atoms with van der Waals surface area (Å²) >= 11 is 1.29. The summed E-state index contributed by atoms with van der Waals surface area (Å²) < 4.78 is 43.9. The number of thiazole rings is 1. The zero-order valence-electron chi connectivity index (χ0n) is 15.8. The molecule has 0 bridgehead atoms. The van der Waals surface area contributed by atoms with E-state index in [0.29, 0.717) is 31.1 Å². The van der Waals surface area contributed by atoms with Crippen molar-refractivity contribution >= 4 is 34.1 Å². The Morgan fingerprint density at radius 1 is 1.27 bits per heavy atom. The van der Waals surface area contributed by atoms with Gasteiger partial charge in [-0.3, -0.25) is 10.1 Å². The van der Waals surface area contributed by atoms with Crippen molar-refractivity contribution < 1.29 is 27.5 Å². The third kappa shape index (κ3) is 4.57. The number of amides is 3. The molecule has 1 atom stereocenters. The zero-order valence-corrected chi connectivity index (χ0v) is 16.6. The fourth-order valence-corrected chi connectivity index (χ4v) is 4.40. The van der Waals surface area contributed by atoms with E-state index in [1.807, 2.05) is 0 Å². The largest absolute Gasteiger partial charge is 0.416 e. The van der Waals surface area contributed by atoms with Crippen LogP contribution in [0.5, 0.6) is 0 Å². The molecular formula is C19H19F3N4O3S. The number of aromatic nitrogens is 1. The highest BCUT2D eigenvalue weighted by Crippen LogP contribution is 2.32. The Hall–Kier alpha value is -2.66. The molecule has 1 unspecified atom stereocenters. The predicted molar refractivity (Wildman–Crippen MR) is 104 cm³/mol. The minimum Gasteiger partial charge on any atom is -0.368 e. The summed E-state index contributed by atoms with van der Waals surface area (Å²) in [6.45, 7) is 1.22. The molecule has 2 aliphatic heterocycles. The minimum atomic E-state index is -4.48. The third-order valence-corrected chi connectivity index (χ3v) is 5.91. The highest BCUT2D eigenvalue weighted by molar-refractivity contribution is 7.15. The maximum absolute atomic E-state index is 12.9. The maximum Gasteiger partial charge on any atom is 0.416 e. The predicted octanol–water partition coefficient (Wildman–Crippen LogP) is 3.87. The van der Waals surface area contributed by atoms with Crippen molar-refractivity contribution in [1.82, 2.24) is 9.88 Å².